The van der Waals surface area contributed by atoms with Gasteiger partial charge in [0.25, 0.3) is 0 Å². The van der Waals surface area contributed by atoms with E-state index in [0.717, 1.165) is 24.8 Å². The second kappa shape index (κ2) is 8.05. The molecule has 5 atom stereocenters. The second-order valence-electron chi connectivity index (χ2n) is 9.22. The fraction of sp³-hybridized carbons (Fsp3) is 0.357. The Bertz CT molecular complexity index is 1030. The Morgan fingerprint density at radius 1 is 0.935 bits per heavy atom. The number of hydrogen-bond donors (Lipinski definition) is 1. The van der Waals surface area contributed by atoms with Gasteiger partial charge in [0, 0.05) is 17.4 Å². The monoisotopic (exact) mass is 414 g/mol. The molecule has 0 spiro atoms. The van der Waals surface area contributed by atoms with Crippen molar-refractivity contribution in [3.8, 4) is 11.5 Å². The van der Waals surface area contributed by atoms with Gasteiger partial charge in [-0.15, -0.1) is 0 Å². The molecule has 0 saturated carbocycles. The minimum Gasteiger partial charge on any atom is -0.504 e. The first kappa shape index (κ1) is 20.1. The van der Waals surface area contributed by atoms with E-state index < -0.39 is 5.60 Å². The Labute approximate surface area is 184 Å². The highest BCUT2D eigenvalue weighted by Crippen LogP contribution is 2.56. The van der Waals surface area contributed by atoms with E-state index in [0.29, 0.717) is 11.7 Å². The molecule has 1 fully saturated rings. The number of ether oxygens (including phenoxy) is 2. The van der Waals surface area contributed by atoms with E-state index >= 15 is 0 Å². The summed E-state index contributed by atoms with van der Waals surface area (Å²) in [5.41, 5.74) is 3.16. The van der Waals surface area contributed by atoms with Gasteiger partial charge in [-0.1, -0.05) is 72.8 Å². The number of phenols is 1. The second-order valence-corrected chi connectivity index (χ2v) is 9.22. The number of rotatable bonds is 4. The third-order valence-electron chi connectivity index (χ3n) is 7.23. The van der Waals surface area contributed by atoms with Crippen molar-refractivity contribution in [1.82, 2.24) is 0 Å². The zero-order chi connectivity index (χ0) is 21.4. The SMILES string of the molecule is C[C@@H]1O[C@@H]2c3cccc(O)c3O[C@](C)(CCc3ccccc3)[C@H]2C[C@@H]1c1ccccc1. The maximum Gasteiger partial charge on any atom is 0.167 e. The van der Waals surface area contributed by atoms with Crippen LogP contribution in [0.25, 0.3) is 0 Å². The Hall–Kier alpha value is -2.78. The molecule has 2 aliphatic rings. The van der Waals surface area contributed by atoms with Crippen LogP contribution in [-0.4, -0.2) is 16.8 Å². The highest BCUT2D eigenvalue weighted by Gasteiger charge is 2.52. The molecule has 0 unspecified atom stereocenters. The van der Waals surface area contributed by atoms with Gasteiger partial charge in [-0.25, -0.2) is 0 Å². The lowest BCUT2D eigenvalue weighted by Crippen LogP contribution is -2.52. The van der Waals surface area contributed by atoms with Gasteiger partial charge < -0.3 is 14.6 Å². The third kappa shape index (κ3) is 3.72. The molecule has 0 radical (unpaired) electrons. The van der Waals surface area contributed by atoms with Gasteiger partial charge in [0.2, 0.25) is 0 Å². The molecule has 3 aromatic carbocycles. The van der Waals surface area contributed by atoms with E-state index in [1.54, 1.807) is 6.07 Å². The molecule has 0 bridgehead atoms. The van der Waals surface area contributed by atoms with Crippen molar-refractivity contribution >= 4 is 0 Å². The number of aryl methyl sites for hydroxylation is 1. The van der Waals surface area contributed by atoms with E-state index in [1.165, 1.54) is 11.1 Å². The predicted molar refractivity (Wildman–Crippen MR) is 122 cm³/mol. The molecular weight excluding hydrogens is 384 g/mol. The zero-order valence-corrected chi connectivity index (χ0v) is 18.2. The van der Waals surface area contributed by atoms with Gasteiger partial charge in [-0.05, 0) is 50.3 Å². The van der Waals surface area contributed by atoms with Gasteiger partial charge in [0.15, 0.2) is 11.5 Å². The first-order chi connectivity index (χ1) is 15.0. The Kier molecular flexibility index (Phi) is 5.23. The molecule has 3 aromatic rings. The van der Waals surface area contributed by atoms with Gasteiger partial charge in [-0.3, -0.25) is 0 Å². The normalized spacial score (nSPS) is 29.5. The number of para-hydroxylation sites is 1. The number of hydrogen-bond acceptors (Lipinski definition) is 3. The molecule has 5 rings (SSSR count). The molecule has 160 valence electrons. The quantitative estimate of drug-likeness (QED) is 0.535. The largest absolute Gasteiger partial charge is 0.504 e. The van der Waals surface area contributed by atoms with E-state index in [4.69, 9.17) is 9.47 Å². The van der Waals surface area contributed by atoms with Crippen LogP contribution in [-0.2, 0) is 11.2 Å². The summed E-state index contributed by atoms with van der Waals surface area (Å²) in [5.74, 6) is 1.31. The molecule has 31 heavy (non-hydrogen) atoms. The van der Waals surface area contributed by atoms with Crippen LogP contribution >= 0.6 is 0 Å². The van der Waals surface area contributed by atoms with Crippen LogP contribution in [0.4, 0.5) is 0 Å². The smallest absolute Gasteiger partial charge is 0.167 e. The summed E-state index contributed by atoms with van der Waals surface area (Å²) < 4.78 is 13.3. The molecule has 0 aliphatic carbocycles. The lowest BCUT2D eigenvalue weighted by molar-refractivity contribution is -0.161. The first-order valence-corrected chi connectivity index (χ1v) is 11.3. The van der Waals surface area contributed by atoms with Crippen molar-refractivity contribution in [2.75, 3.05) is 0 Å². The van der Waals surface area contributed by atoms with E-state index in [-0.39, 0.29) is 23.9 Å². The average Bonchev–Trinajstić information content (AvgIpc) is 2.80. The van der Waals surface area contributed by atoms with Crippen molar-refractivity contribution in [3.05, 3.63) is 95.6 Å². The van der Waals surface area contributed by atoms with Crippen LogP contribution in [0, 0.1) is 5.92 Å². The molecule has 0 aromatic heterocycles. The van der Waals surface area contributed by atoms with Crippen LogP contribution in [0.1, 0.15) is 55.4 Å². The summed E-state index contributed by atoms with van der Waals surface area (Å²) in [7, 11) is 0. The standard InChI is InChI=1S/C28H30O3/c1-19-23(21-12-7-4-8-13-21)18-24-26(30-19)22-14-9-15-25(29)27(22)31-28(24,2)17-16-20-10-5-3-6-11-20/h3-15,19,23-24,26,29H,16-18H2,1-2H3/t19-,23-,24-,26+,28+/m0/s1. The van der Waals surface area contributed by atoms with Crippen LogP contribution in [0.2, 0.25) is 0 Å². The number of phenolic OH excluding ortho intramolecular Hbond substituents is 1. The lowest BCUT2D eigenvalue weighted by Gasteiger charge is -2.52. The summed E-state index contributed by atoms with van der Waals surface area (Å²) in [5, 5.41) is 10.6. The van der Waals surface area contributed by atoms with Crippen LogP contribution in [0.15, 0.2) is 78.9 Å². The predicted octanol–water partition coefficient (Wildman–Crippen LogP) is 6.43. The van der Waals surface area contributed by atoms with Crippen molar-refractivity contribution in [3.63, 3.8) is 0 Å². The summed E-state index contributed by atoms with van der Waals surface area (Å²) in [6, 6.07) is 26.9. The van der Waals surface area contributed by atoms with E-state index in [9.17, 15) is 5.11 Å². The number of aromatic hydroxyl groups is 1. The molecule has 1 N–H and O–H groups in total. The van der Waals surface area contributed by atoms with E-state index in [2.05, 4.69) is 68.4 Å². The molecule has 3 nitrogen and oxygen atoms in total. The molecule has 1 saturated heterocycles. The molecular formula is C28H30O3. The molecule has 3 heteroatoms. The van der Waals surface area contributed by atoms with Crippen LogP contribution < -0.4 is 4.74 Å². The third-order valence-corrected chi connectivity index (χ3v) is 7.23. The van der Waals surface area contributed by atoms with Gasteiger partial charge in [0.05, 0.1) is 12.2 Å². The van der Waals surface area contributed by atoms with Crippen LogP contribution in [0.5, 0.6) is 11.5 Å². The topological polar surface area (TPSA) is 38.7 Å². The lowest BCUT2D eigenvalue weighted by atomic mass is 9.68. The highest BCUT2D eigenvalue weighted by atomic mass is 16.5. The van der Waals surface area contributed by atoms with Gasteiger partial charge in [-0.2, -0.15) is 0 Å². The highest BCUT2D eigenvalue weighted by molar-refractivity contribution is 5.49. The van der Waals surface area contributed by atoms with Crippen LogP contribution in [0.3, 0.4) is 0 Å². The number of benzene rings is 3. The Balaban J connectivity index is 1.51. The van der Waals surface area contributed by atoms with Crippen molar-refractivity contribution in [1.29, 1.82) is 0 Å². The van der Waals surface area contributed by atoms with Gasteiger partial charge in [0.1, 0.15) is 5.60 Å². The molecule has 2 heterocycles. The molecule has 2 aliphatic heterocycles. The number of fused-ring (bicyclic) bond motifs is 3. The summed E-state index contributed by atoms with van der Waals surface area (Å²) in [6.45, 7) is 4.37. The van der Waals surface area contributed by atoms with Gasteiger partial charge >= 0.3 is 0 Å². The minimum absolute atomic E-state index is 0.0772. The fourth-order valence-electron chi connectivity index (χ4n) is 5.44. The zero-order valence-electron chi connectivity index (χ0n) is 18.2. The van der Waals surface area contributed by atoms with E-state index in [1.807, 2.05) is 18.2 Å². The van der Waals surface area contributed by atoms with Crippen molar-refractivity contribution in [2.24, 2.45) is 5.92 Å². The average molecular weight is 415 g/mol. The van der Waals surface area contributed by atoms with Crippen molar-refractivity contribution in [2.45, 2.75) is 56.8 Å². The Morgan fingerprint density at radius 2 is 1.65 bits per heavy atom. The van der Waals surface area contributed by atoms with Crippen molar-refractivity contribution < 1.29 is 14.6 Å². The maximum atomic E-state index is 10.6. The summed E-state index contributed by atoms with van der Waals surface area (Å²) in [6.07, 6.45) is 2.80. The summed E-state index contributed by atoms with van der Waals surface area (Å²) in [4.78, 5) is 0. The summed E-state index contributed by atoms with van der Waals surface area (Å²) >= 11 is 0. The fourth-order valence-corrected chi connectivity index (χ4v) is 5.44. The minimum atomic E-state index is -0.431. The Morgan fingerprint density at radius 3 is 2.39 bits per heavy atom. The first-order valence-electron chi connectivity index (χ1n) is 11.3. The maximum absolute atomic E-state index is 10.6. The molecule has 0 amide bonds.